The Kier molecular flexibility index (Phi) is 5.87. The predicted molar refractivity (Wildman–Crippen MR) is 92.6 cm³/mol. The molecule has 0 heterocycles. The van der Waals surface area contributed by atoms with E-state index >= 15 is 0 Å². The fraction of sp³-hybridized carbons (Fsp3) is 0.700. The number of unbranched alkanes of at least 4 members (excludes halogenated alkanes) is 1. The van der Waals surface area contributed by atoms with Gasteiger partial charge in [-0.05, 0) is 75.0 Å². The summed E-state index contributed by atoms with van der Waals surface area (Å²) < 4.78 is 0. The van der Waals surface area contributed by atoms with Crippen LogP contribution in [0.1, 0.15) is 68.6 Å². The van der Waals surface area contributed by atoms with E-state index < -0.39 is 0 Å². The normalized spacial score (nSPS) is 26.0. The van der Waals surface area contributed by atoms with E-state index in [2.05, 4.69) is 39.0 Å². The summed E-state index contributed by atoms with van der Waals surface area (Å²) in [5.74, 6) is 0.961. The monoisotopic (exact) mass is 287 g/mol. The third kappa shape index (κ3) is 4.32. The van der Waals surface area contributed by atoms with E-state index in [4.69, 9.17) is 5.73 Å². The zero-order valence-electron chi connectivity index (χ0n) is 14.3. The maximum atomic E-state index is 6.22. The molecule has 0 aliphatic heterocycles. The summed E-state index contributed by atoms with van der Waals surface area (Å²) in [6.07, 6.45) is 10.8. The van der Waals surface area contributed by atoms with Crippen LogP contribution in [0.15, 0.2) is 18.2 Å². The standard InChI is InChI=1S/C20H33N/c1-4-5-6-18-9-11-20(15-21,12-10-18)14-19-13-16(2)7-8-17(19)3/h7-8,13,18H,4-6,9-12,14-15,21H2,1-3H3. The fourth-order valence-electron chi connectivity index (χ4n) is 3.92. The van der Waals surface area contributed by atoms with Crippen LogP contribution in [0.2, 0.25) is 0 Å². The molecule has 0 spiro atoms. The highest BCUT2D eigenvalue weighted by atomic mass is 14.6. The maximum absolute atomic E-state index is 6.22. The van der Waals surface area contributed by atoms with E-state index in [0.717, 1.165) is 12.5 Å². The minimum absolute atomic E-state index is 0.362. The molecule has 0 bridgehead atoms. The third-order valence-corrected chi connectivity index (χ3v) is 5.63. The minimum atomic E-state index is 0.362. The molecule has 1 heteroatoms. The third-order valence-electron chi connectivity index (χ3n) is 5.63. The van der Waals surface area contributed by atoms with Crippen LogP contribution in [0.5, 0.6) is 0 Å². The Morgan fingerprint density at radius 3 is 2.52 bits per heavy atom. The Labute approximate surface area is 131 Å². The predicted octanol–water partition coefficient (Wildman–Crippen LogP) is 5.17. The van der Waals surface area contributed by atoms with Gasteiger partial charge in [-0.15, -0.1) is 0 Å². The number of nitrogens with two attached hydrogens (primary N) is 1. The summed E-state index contributed by atoms with van der Waals surface area (Å²) in [6, 6.07) is 6.85. The first kappa shape index (κ1) is 16.5. The molecule has 21 heavy (non-hydrogen) atoms. The van der Waals surface area contributed by atoms with Crippen LogP contribution >= 0.6 is 0 Å². The summed E-state index contributed by atoms with van der Waals surface area (Å²) in [5, 5.41) is 0. The lowest BCUT2D eigenvalue weighted by molar-refractivity contribution is 0.149. The van der Waals surface area contributed by atoms with Gasteiger partial charge in [0.05, 0.1) is 0 Å². The van der Waals surface area contributed by atoms with Gasteiger partial charge in [-0.25, -0.2) is 0 Å². The summed E-state index contributed by atoms with van der Waals surface area (Å²) >= 11 is 0. The number of benzene rings is 1. The maximum Gasteiger partial charge on any atom is -0.00173 e. The molecule has 1 nitrogen and oxygen atoms in total. The average molecular weight is 287 g/mol. The zero-order valence-corrected chi connectivity index (χ0v) is 14.3. The number of rotatable bonds is 6. The molecule has 0 saturated heterocycles. The Morgan fingerprint density at radius 1 is 1.19 bits per heavy atom. The first-order valence-electron chi connectivity index (χ1n) is 8.85. The Bertz CT molecular complexity index is 441. The lowest BCUT2D eigenvalue weighted by atomic mass is 9.66. The van der Waals surface area contributed by atoms with Crippen LogP contribution < -0.4 is 5.73 Å². The highest BCUT2D eigenvalue weighted by molar-refractivity contribution is 5.31. The molecule has 1 aliphatic rings. The van der Waals surface area contributed by atoms with Crippen molar-refractivity contribution in [1.82, 2.24) is 0 Å². The van der Waals surface area contributed by atoms with Crippen molar-refractivity contribution < 1.29 is 0 Å². The van der Waals surface area contributed by atoms with Gasteiger partial charge in [0.25, 0.3) is 0 Å². The molecule has 1 fully saturated rings. The first-order chi connectivity index (χ1) is 10.1. The first-order valence-corrected chi connectivity index (χ1v) is 8.85. The summed E-state index contributed by atoms with van der Waals surface area (Å²) in [6.45, 7) is 7.58. The molecular weight excluding hydrogens is 254 g/mol. The Hall–Kier alpha value is -0.820. The van der Waals surface area contributed by atoms with Gasteiger partial charge < -0.3 is 5.73 Å². The van der Waals surface area contributed by atoms with Gasteiger partial charge in [-0.3, -0.25) is 0 Å². The quantitative estimate of drug-likeness (QED) is 0.767. The molecule has 0 amide bonds. The van der Waals surface area contributed by atoms with Crippen LogP contribution in [0.25, 0.3) is 0 Å². The molecule has 1 aromatic carbocycles. The molecule has 2 rings (SSSR count). The largest absolute Gasteiger partial charge is 0.330 e. The van der Waals surface area contributed by atoms with E-state index in [-0.39, 0.29) is 0 Å². The molecular formula is C20H33N. The number of hydrogen-bond acceptors (Lipinski definition) is 1. The van der Waals surface area contributed by atoms with Crippen molar-refractivity contribution in [2.24, 2.45) is 17.1 Å². The van der Waals surface area contributed by atoms with Crippen molar-refractivity contribution in [2.45, 2.75) is 72.1 Å². The zero-order chi connectivity index (χ0) is 15.3. The van der Waals surface area contributed by atoms with Gasteiger partial charge in [0, 0.05) is 0 Å². The second-order valence-electron chi connectivity index (χ2n) is 7.40. The van der Waals surface area contributed by atoms with Gasteiger partial charge in [-0.2, -0.15) is 0 Å². The summed E-state index contributed by atoms with van der Waals surface area (Å²) in [5.41, 5.74) is 10.9. The molecule has 1 aliphatic carbocycles. The SMILES string of the molecule is CCCCC1CCC(CN)(Cc2cc(C)ccc2C)CC1. The van der Waals surface area contributed by atoms with E-state index in [1.807, 2.05) is 0 Å². The second-order valence-corrected chi connectivity index (χ2v) is 7.40. The number of aryl methyl sites for hydroxylation is 2. The van der Waals surface area contributed by atoms with Crippen molar-refractivity contribution in [3.05, 3.63) is 34.9 Å². The molecule has 1 saturated carbocycles. The molecule has 118 valence electrons. The van der Waals surface area contributed by atoms with Gasteiger partial charge in [-0.1, -0.05) is 49.9 Å². The van der Waals surface area contributed by atoms with Crippen molar-refractivity contribution in [3.63, 3.8) is 0 Å². The van der Waals surface area contributed by atoms with Gasteiger partial charge >= 0.3 is 0 Å². The van der Waals surface area contributed by atoms with Crippen molar-refractivity contribution in [1.29, 1.82) is 0 Å². The smallest absolute Gasteiger partial charge is 0.00173 e. The lowest BCUT2D eigenvalue weighted by Crippen LogP contribution is -2.37. The molecule has 1 aromatic rings. The van der Waals surface area contributed by atoms with E-state index in [1.54, 1.807) is 0 Å². The highest BCUT2D eigenvalue weighted by Crippen LogP contribution is 2.42. The Balaban J connectivity index is 2.01. The van der Waals surface area contributed by atoms with E-state index in [9.17, 15) is 0 Å². The van der Waals surface area contributed by atoms with Crippen molar-refractivity contribution in [2.75, 3.05) is 6.54 Å². The second kappa shape index (κ2) is 7.45. The fourth-order valence-corrected chi connectivity index (χ4v) is 3.92. The van der Waals surface area contributed by atoms with E-state index in [1.165, 1.54) is 68.1 Å². The highest BCUT2D eigenvalue weighted by Gasteiger charge is 2.34. The average Bonchev–Trinajstić information content (AvgIpc) is 2.50. The van der Waals surface area contributed by atoms with Crippen LogP contribution in [0, 0.1) is 25.2 Å². The minimum Gasteiger partial charge on any atom is -0.330 e. The topological polar surface area (TPSA) is 26.0 Å². The van der Waals surface area contributed by atoms with Crippen molar-refractivity contribution in [3.8, 4) is 0 Å². The van der Waals surface area contributed by atoms with Gasteiger partial charge in [0.15, 0.2) is 0 Å². The van der Waals surface area contributed by atoms with Gasteiger partial charge in [0.1, 0.15) is 0 Å². The van der Waals surface area contributed by atoms with Gasteiger partial charge in [0.2, 0.25) is 0 Å². The number of hydrogen-bond donors (Lipinski definition) is 1. The Morgan fingerprint density at radius 2 is 1.90 bits per heavy atom. The van der Waals surface area contributed by atoms with Crippen LogP contribution in [0.3, 0.4) is 0 Å². The van der Waals surface area contributed by atoms with Crippen LogP contribution in [0.4, 0.5) is 0 Å². The molecule has 0 atom stereocenters. The molecule has 0 radical (unpaired) electrons. The molecule has 2 N–H and O–H groups in total. The lowest BCUT2D eigenvalue weighted by Gasteiger charge is -2.40. The van der Waals surface area contributed by atoms with Crippen LogP contribution in [-0.2, 0) is 6.42 Å². The molecule has 0 aromatic heterocycles. The van der Waals surface area contributed by atoms with E-state index in [0.29, 0.717) is 5.41 Å². The van der Waals surface area contributed by atoms with Crippen LogP contribution in [-0.4, -0.2) is 6.54 Å². The summed E-state index contributed by atoms with van der Waals surface area (Å²) in [7, 11) is 0. The van der Waals surface area contributed by atoms with Crippen molar-refractivity contribution >= 4 is 0 Å². The molecule has 0 unspecified atom stereocenters. The summed E-state index contributed by atoms with van der Waals surface area (Å²) in [4.78, 5) is 0.